The molecule has 0 saturated heterocycles. The summed E-state index contributed by atoms with van der Waals surface area (Å²) in [7, 11) is -0.929. The molecule has 1 aliphatic carbocycles. The number of hydrogen-bond donors (Lipinski definition) is 2. The molecule has 6 heteroatoms. The number of hydrogen-bond acceptors (Lipinski definition) is 5. The van der Waals surface area contributed by atoms with Gasteiger partial charge in [-0.05, 0) is 38.3 Å². The summed E-state index contributed by atoms with van der Waals surface area (Å²) in [6.07, 6.45) is 5.34. The van der Waals surface area contributed by atoms with Gasteiger partial charge in [-0.25, -0.2) is 0 Å². The van der Waals surface area contributed by atoms with Crippen molar-refractivity contribution in [2.75, 3.05) is 17.2 Å². The molecule has 5 nitrogen and oxygen atoms in total. The smallest absolute Gasteiger partial charge is 0.265 e. The molecule has 0 spiro atoms. The third kappa shape index (κ3) is 4.37. The predicted molar refractivity (Wildman–Crippen MR) is 104 cm³/mol. The van der Waals surface area contributed by atoms with Crippen molar-refractivity contribution in [2.45, 2.75) is 50.9 Å². The number of ether oxygens (including phenoxy) is 1. The molecular weight excluding hydrogens is 336 g/mol. The summed E-state index contributed by atoms with van der Waals surface area (Å²) >= 11 is 0. The highest BCUT2D eigenvalue weighted by molar-refractivity contribution is 7.84. The Bertz CT molecular complexity index is 766. The highest BCUT2D eigenvalue weighted by Crippen LogP contribution is 2.32. The van der Waals surface area contributed by atoms with Crippen LogP contribution in [0.4, 0.5) is 11.4 Å². The number of carbonyl (C=O) groups is 1. The number of anilines is 2. The Morgan fingerprint density at radius 3 is 3.00 bits per heavy atom. The normalized spacial score (nSPS) is 23.9. The first kappa shape index (κ1) is 17.9. The fourth-order valence-electron chi connectivity index (χ4n) is 3.05. The summed E-state index contributed by atoms with van der Waals surface area (Å²) in [4.78, 5) is 11.8. The van der Waals surface area contributed by atoms with Gasteiger partial charge < -0.3 is 19.6 Å². The molecule has 2 aliphatic rings. The molecule has 0 fully saturated rings. The Morgan fingerprint density at radius 1 is 1.44 bits per heavy atom. The predicted octanol–water partition coefficient (Wildman–Crippen LogP) is 3.47. The van der Waals surface area contributed by atoms with E-state index in [1.54, 1.807) is 0 Å². The van der Waals surface area contributed by atoms with Crippen LogP contribution in [0.15, 0.2) is 29.8 Å². The van der Waals surface area contributed by atoms with Crippen molar-refractivity contribution in [1.82, 2.24) is 0 Å². The lowest BCUT2D eigenvalue weighted by molar-refractivity contribution is -0.123. The molecule has 3 rings (SSSR count). The van der Waals surface area contributed by atoms with Crippen LogP contribution in [0.1, 0.15) is 39.5 Å². The first-order valence-electron chi connectivity index (χ1n) is 8.80. The molecule has 1 aromatic rings. The minimum Gasteiger partial charge on any atom is -0.478 e. The van der Waals surface area contributed by atoms with Gasteiger partial charge in [-0.1, -0.05) is 30.2 Å². The second-order valence-electron chi connectivity index (χ2n) is 6.54. The average molecular weight is 361 g/mol. The first-order valence-corrected chi connectivity index (χ1v) is 10.1. The topological polar surface area (TPSA) is 67.4 Å². The molecule has 1 amide bonds. The van der Waals surface area contributed by atoms with Crippen molar-refractivity contribution in [3.05, 3.63) is 29.8 Å². The highest BCUT2D eigenvalue weighted by atomic mass is 32.2. The zero-order valence-electron chi connectivity index (χ0n) is 14.7. The number of rotatable bonds is 5. The van der Waals surface area contributed by atoms with Crippen LogP contribution in [0.3, 0.4) is 0 Å². The standard InChI is InChI=1S/C19H25N2O3S/c1-3-17-19(22)21-16-9-6-14(12-18(16)24-17)20-10-11-25(23)15-7-4-13(2)5-8-15/h4,6,9,11-12,15,17,20H,3,5,7-8,10H2,1-2H3,(H,21,22)/q-1. The Labute approximate surface area is 150 Å². The Kier molecular flexibility index (Phi) is 5.68. The largest absolute Gasteiger partial charge is 0.478 e. The van der Waals surface area contributed by atoms with Crippen LogP contribution >= 0.6 is 0 Å². The Hall–Kier alpha value is -1.95. The van der Waals surface area contributed by atoms with Crippen LogP contribution in [0.25, 0.3) is 0 Å². The van der Waals surface area contributed by atoms with Gasteiger partial charge in [0.1, 0.15) is 5.75 Å². The van der Waals surface area contributed by atoms with Gasteiger partial charge in [-0.15, -0.1) is 0 Å². The zero-order chi connectivity index (χ0) is 17.8. The van der Waals surface area contributed by atoms with Crippen LogP contribution in [-0.4, -0.2) is 29.2 Å². The second kappa shape index (κ2) is 7.95. The number of carbonyl (C=O) groups excluding carboxylic acids is 1. The van der Waals surface area contributed by atoms with Gasteiger partial charge in [0.05, 0.1) is 5.69 Å². The SMILES string of the molecule is CCC1Oc2cc(NCC=[S-](=O)C3CC=C(C)CC3)ccc2NC1=O. The van der Waals surface area contributed by atoms with Gasteiger partial charge in [0.2, 0.25) is 0 Å². The van der Waals surface area contributed by atoms with E-state index in [2.05, 4.69) is 23.6 Å². The second-order valence-corrected chi connectivity index (χ2v) is 8.19. The molecule has 1 aromatic carbocycles. The third-order valence-corrected chi connectivity index (χ3v) is 6.22. The lowest BCUT2D eigenvalue weighted by atomic mass is 10.0. The van der Waals surface area contributed by atoms with Crippen LogP contribution in [0, 0.1) is 0 Å². The fourth-order valence-corrected chi connectivity index (χ4v) is 4.21. The molecule has 2 unspecified atom stereocenters. The minimum absolute atomic E-state index is 0.101. The molecule has 136 valence electrons. The fraction of sp³-hybridized carbons (Fsp3) is 0.474. The van der Waals surface area contributed by atoms with Crippen molar-refractivity contribution in [1.29, 1.82) is 0 Å². The van der Waals surface area contributed by atoms with E-state index >= 15 is 0 Å². The van der Waals surface area contributed by atoms with Gasteiger partial charge in [0.25, 0.3) is 5.91 Å². The van der Waals surface area contributed by atoms with Gasteiger partial charge >= 0.3 is 0 Å². The maximum Gasteiger partial charge on any atom is 0.265 e. The average Bonchev–Trinajstić information content (AvgIpc) is 2.61. The van der Waals surface area contributed by atoms with E-state index in [9.17, 15) is 9.00 Å². The number of amides is 1. The van der Waals surface area contributed by atoms with Crippen molar-refractivity contribution in [3.63, 3.8) is 0 Å². The molecule has 1 aliphatic heterocycles. The molecule has 2 N–H and O–H groups in total. The van der Waals surface area contributed by atoms with Crippen molar-refractivity contribution < 1.29 is 13.7 Å². The Balaban J connectivity index is 1.60. The van der Waals surface area contributed by atoms with Gasteiger partial charge in [-0.3, -0.25) is 15.2 Å². The highest BCUT2D eigenvalue weighted by Gasteiger charge is 2.25. The molecule has 2 atom stereocenters. The van der Waals surface area contributed by atoms with E-state index in [1.165, 1.54) is 5.57 Å². The summed E-state index contributed by atoms with van der Waals surface area (Å²) < 4.78 is 18.1. The summed E-state index contributed by atoms with van der Waals surface area (Å²) in [5.41, 5.74) is 2.98. The van der Waals surface area contributed by atoms with Crippen LogP contribution in [0.5, 0.6) is 5.75 Å². The number of benzene rings is 1. The van der Waals surface area contributed by atoms with Gasteiger partial charge in [-0.2, -0.15) is 5.37 Å². The van der Waals surface area contributed by atoms with Crippen LogP contribution in [0.2, 0.25) is 0 Å². The molecule has 0 saturated carbocycles. The number of nitrogens with one attached hydrogen (secondary N) is 2. The molecule has 0 aromatic heterocycles. The quantitative estimate of drug-likeness (QED) is 0.479. The van der Waals surface area contributed by atoms with Crippen molar-refractivity contribution in [3.8, 4) is 5.75 Å². The summed E-state index contributed by atoms with van der Waals surface area (Å²) in [5, 5.41) is 8.19. The maximum atomic E-state index is 12.4. The van der Waals surface area contributed by atoms with E-state index in [4.69, 9.17) is 4.74 Å². The van der Waals surface area contributed by atoms with E-state index in [-0.39, 0.29) is 11.2 Å². The molecule has 25 heavy (non-hydrogen) atoms. The molecule has 0 radical (unpaired) electrons. The monoisotopic (exact) mass is 361 g/mol. The van der Waals surface area contributed by atoms with Crippen LogP contribution < -0.4 is 15.4 Å². The zero-order valence-corrected chi connectivity index (χ0v) is 15.5. The summed E-state index contributed by atoms with van der Waals surface area (Å²) in [6.45, 7) is 4.59. The van der Waals surface area contributed by atoms with Crippen molar-refractivity contribution >= 4 is 33.0 Å². The Morgan fingerprint density at radius 2 is 2.28 bits per heavy atom. The summed E-state index contributed by atoms with van der Waals surface area (Å²) in [6, 6.07) is 5.59. The number of allylic oxidation sites excluding steroid dienone is 2. The van der Waals surface area contributed by atoms with E-state index < -0.39 is 16.5 Å². The minimum atomic E-state index is -0.929. The van der Waals surface area contributed by atoms with Gasteiger partial charge in [0.15, 0.2) is 6.10 Å². The van der Waals surface area contributed by atoms with E-state index in [1.807, 2.05) is 30.5 Å². The summed E-state index contributed by atoms with van der Waals surface area (Å²) in [5.74, 6) is 0.571. The number of fused-ring (bicyclic) bond motifs is 1. The first-order chi connectivity index (χ1) is 12.1. The third-order valence-electron chi connectivity index (χ3n) is 4.64. The molecule has 1 heterocycles. The molecule has 0 bridgehead atoms. The van der Waals surface area contributed by atoms with E-state index in [0.29, 0.717) is 24.4 Å². The van der Waals surface area contributed by atoms with E-state index in [0.717, 1.165) is 24.9 Å². The van der Waals surface area contributed by atoms with Crippen LogP contribution in [-0.2, 0) is 19.4 Å². The lowest BCUT2D eigenvalue weighted by Gasteiger charge is -2.26. The lowest BCUT2D eigenvalue weighted by Crippen LogP contribution is -2.36. The van der Waals surface area contributed by atoms with Crippen molar-refractivity contribution in [2.24, 2.45) is 0 Å². The van der Waals surface area contributed by atoms with Gasteiger partial charge in [0, 0.05) is 18.3 Å². The maximum absolute atomic E-state index is 12.4. The molecular formula is C19H25N2O3S-.